The van der Waals surface area contributed by atoms with Crippen LogP contribution >= 0.6 is 0 Å². The first-order valence-corrected chi connectivity index (χ1v) is 9.65. The molecule has 4 heteroatoms. The Balaban J connectivity index is 0.00000261. The van der Waals surface area contributed by atoms with E-state index in [0.717, 1.165) is 11.3 Å². The number of ether oxygens (including phenoxy) is 1. The predicted octanol–water partition coefficient (Wildman–Crippen LogP) is 4.67. The normalized spacial score (nSPS) is 18.6. The SMILES string of the molecule is CC#CC(CC(=O)O)c1ccc(OCC2=CCC3(CCCCC3)C2)cc1.[NaH]. The van der Waals surface area contributed by atoms with Crippen molar-refractivity contribution in [1.82, 2.24) is 0 Å². The predicted molar refractivity (Wildman–Crippen MR) is 110 cm³/mol. The van der Waals surface area contributed by atoms with Crippen molar-refractivity contribution >= 4 is 35.5 Å². The molecular weight excluding hydrogens is 347 g/mol. The van der Waals surface area contributed by atoms with Crippen molar-refractivity contribution in [1.29, 1.82) is 0 Å². The van der Waals surface area contributed by atoms with E-state index in [2.05, 4.69) is 17.9 Å². The number of carboxylic acid groups (broad SMARTS) is 1. The number of hydrogen-bond acceptors (Lipinski definition) is 2. The van der Waals surface area contributed by atoms with Crippen molar-refractivity contribution in [3.8, 4) is 17.6 Å². The number of rotatable bonds is 6. The summed E-state index contributed by atoms with van der Waals surface area (Å²) < 4.78 is 5.98. The summed E-state index contributed by atoms with van der Waals surface area (Å²) in [7, 11) is 0. The van der Waals surface area contributed by atoms with E-state index >= 15 is 0 Å². The quantitative estimate of drug-likeness (QED) is 0.446. The molecule has 2 aliphatic rings. The second-order valence-electron chi connectivity index (χ2n) is 7.71. The fourth-order valence-corrected chi connectivity index (χ4v) is 4.35. The van der Waals surface area contributed by atoms with Crippen molar-refractivity contribution in [2.45, 2.75) is 64.2 Å². The van der Waals surface area contributed by atoms with Crippen LogP contribution in [-0.2, 0) is 4.79 Å². The molecule has 2 aliphatic carbocycles. The Morgan fingerprint density at radius 1 is 1.22 bits per heavy atom. The van der Waals surface area contributed by atoms with Gasteiger partial charge in [-0.15, -0.1) is 5.92 Å². The molecule has 1 unspecified atom stereocenters. The topological polar surface area (TPSA) is 46.5 Å². The van der Waals surface area contributed by atoms with Gasteiger partial charge in [0.25, 0.3) is 0 Å². The second-order valence-corrected chi connectivity index (χ2v) is 7.71. The maximum absolute atomic E-state index is 11.0. The summed E-state index contributed by atoms with van der Waals surface area (Å²) in [6, 6.07) is 7.71. The summed E-state index contributed by atoms with van der Waals surface area (Å²) >= 11 is 0. The van der Waals surface area contributed by atoms with Gasteiger partial charge in [0, 0.05) is 0 Å². The monoisotopic (exact) mass is 376 g/mol. The minimum atomic E-state index is -0.831. The summed E-state index contributed by atoms with van der Waals surface area (Å²) in [4.78, 5) is 11.0. The standard InChI is InChI=1S/C23H28O3.Na.H/c1-2-6-20(15-22(24)25)19-7-9-21(10-8-19)26-17-18-11-14-23(16-18)12-4-3-5-13-23;;/h7-11,20H,3-5,12-17H2,1H3,(H,24,25);;. The molecule has 1 aromatic carbocycles. The molecule has 3 rings (SSSR count). The summed E-state index contributed by atoms with van der Waals surface area (Å²) in [5, 5.41) is 9.04. The molecule has 0 aliphatic heterocycles. The van der Waals surface area contributed by atoms with E-state index in [0.29, 0.717) is 12.0 Å². The average Bonchev–Trinajstić information content (AvgIpc) is 3.03. The minimum absolute atomic E-state index is 0. The van der Waals surface area contributed by atoms with Crippen LogP contribution in [0.25, 0.3) is 0 Å². The van der Waals surface area contributed by atoms with Crippen LogP contribution in [0.4, 0.5) is 0 Å². The molecule has 1 N–H and O–H groups in total. The van der Waals surface area contributed by atoms with E-state index in [-0.39, 0.29) is 41.9 Å². The molecule has 1 aromatic rings. The number of carboxylic acids is 1. The van der Waals surface area contributed by atoms with Gasteiger partial charge in [0.15, 0.2) is 0 Å². The fraction of sp³-hybridized carbons (Fsp3) is 0.522. The molecule has 1 spiro atoms. The molecule has 0 aromatic heterocycles. The molecule has 1 saturated carbocycles. The Kier molecular flexibility index (Phi) is 8.48. The van der Waals surface area contributed by atoms with E-state index in [1.54, 1.807) is 6.92 Å². The zero-order chi connectivity index (χ0) is 18.4. The molecular formula is C23H29NaO3. The van der Waals surface area contributed by atoms with Crippen LogP contribution in [0, 0.1) is 17.3 Å². The molecule has 3 nitrogen and oxygen atoms in total. The fourth-order valence-electron chi connectivity index (χ4n) is 4.35. The van der Waals surface area contributed by atoms with E-state index < -0.39 is 5.97 Å². The van der Waals surface area contributed by atoms with Crippen molar-refractivity contribution in [3.05, 3.63) is 41.5 Å². The van der Waals surface area contributed by atoms with Gasteiger partial charge in [-0.25, -0.2) is 0 Å². The van der Waals surface area contributed by atoms with Crippen molar-refractivity contribution < 1.29 is 14.6 Å². The van der Waals surface area contributed by atoms with Gasteiger partial charge < -0.3 is 9.84 Å². The van der Waals surface area contributed by atoms with Gasteiger partial charge in [0.2, 0.25) is 0 Å². The van der Waals surface area contributed by atoms with Crippen molar-refractivity contribution in [3.63, 3.8) is 0 Å². The summed E-state index contributed by atoms with van der Waals surface area (Å²) in [6.45, 7) is 2.40. The number of aliphatic carboxylic acids is 1. The first-order valence-electron chi connectivity index (χ1n) is 9.65. The van der Waals surface area contributed by atoms with Crippen LogP contribution in [0.15, 0.2) is 35.9 Å². The number of hydrogen-bond donors (Lipinski definition) is 1. The third-order valence-corrected chi connectivity index (χ3v) is 5.74. The van der Waals surface area contributed by atoms with Gasteiger partial charge in [-0.05, 0) is 61.3 Å². The van der Waals surface area contributed by atoms with Gasteiger partial charge in [-0.3, -0.25) is 4.79 Å². The Morgan fingerprint density at radius 3 is 2.56 bits per heavy atom. The third-order valence-electron chi connectivity index (χ3n) is 5.74. The van der Waals surface area contributed by atoms with E-state index in [4.69, 9.17) is 9.84 Å². The number of allylic oxidation sites excluding steroid dienone is 1. The second kappa shape index (κ2) is 10.4. The number of benzene rings is 1. The van der Waals surface area contributed by atoms with Crippen LogP contribution in [0.5, 0.6) is 5.75 Å². The third kappa shape index (κ3) is 6.14. The van der Waals surface area contributed by atoms with Crippen molar-refractivity contribution in [2.75, 3.05) is 6.61 Å². The summed E-state index contributed by atoms with van der Waals surface area (Å²) in [5.41, 5.74) is 2.89. The Bertz CT molecular complexity index is 718. The van der Waals surface area contributed by atoms with Gasteiger partial charge >= 0.3 is 35.5 Å². The first kappa shape index (κ1) is 22.1. The molecule has 0 heterocycles. The molecule has 1 atom stereocenters. The summed E-state index contributed by atoms with van der Waals surface area (Å²) in [5.74, 6) is 5.54. The van der Waals surface area contributed by atoms with E-state index in [1.807, 2.05) is 24.3 Å². The zero-order valence-electron chi connectivity index (χ0n) is 15.6. The molecule has 1 fully saturated rings. The molecule has 0 radical (unpaired) electrons. The molecule has 140 valence electrons. The molecule has 27 heavy (non-hydrogen) atoms. The zero-order valence-corrected chi connectivity index (χ0v) is 15.6. The Labute approximate surface area is 184 Å². The number of carbonyl (C=O) groups is 1. The summed E-state index contributed by atoms with van der Waals surface area (Å²) in [6.07, 6.45) is 11.7. The van der Waals surface area contributed by atoms with Crippen molar-refractivity contribution in [2.24, 2.45) is 5.41 Å². The Morgan fingerprint density at radius 2 is 1.93 bits per heavy atom. The average molecular weight is 376 g/mol. The van der Waals surface area contributed by atoms with Crippen LogP contribution < -0.4 is 4.74 Å². The van der Waals surface area contributed by atoms with Gasteiger partial charge in [-0.1, -0.05) is 43.4 Å². The maximum atomic E-state index is 11.0. The van der Waals surface area contributed by atoms with Crippen LogP contribution in [0.3, 0.4) is 0 Å². The molecule has 0 amide bonds. The van der Waals surface area contributed by atoms with Crippen LogP contribution in [0.2, 0.25) is 0 Å². The van der Waals surface area contributed by atoms with Crippen LogP contribution in [0.1, 0.15) is 69.8 Å². The first-order chi connectivity index (χ1) is 12.6. The van der Waals surface area contributed by atoms with E-state index in [1.165, 1.54) is 50.5 Å². The Hall–Kier alpha value is -1.21. The van der Waals surface area contributed by atoms with Gasteiger partial charge in [0.1, 0.15) is 12.4 Å². The van der Waals surface area contributed by atoms with Crippen LogP contribution in [-0.4, -0.2) is 47.2 Å². The molecule has 0 bridgehead atoms. The molecule has 0 saturated heterocycles. The van der Waals surface area contributed by atoms with E-state index in [9.17, 15) is 4.79 Å². The van der Waals surface area contributed by atoms with Gasteiger partial charge in [0.05, 0.1) is 12.3 Å². The van der Waals surface area contributed by atoms with Gasteiger partial charge in [-0.2, -0.15) is 0 Å².